The van der Waals surface area contributed by atoms with E-state index in [0.717, 1.165) is 12.0 Å². The van der Waals surface area contributed by atoms with Crippen LogP contribution in [0.2, 0.25) is 0 Å². The van der Waals surface area contributed by atoms with Crippen molar-refractivity contribution in [1.29, 1.82) is 0 Å². The van der Waals surface area contributed by atoms with Gasteiger partial charge in [0.2, 0.25) is 5.91 Å². The highest BCUT2D eigenvalue weighted by Gasteiger charge is 2.33. The number of nitrogens with one attached hydrogen (secondary N) is 1. The van der Waals surface area contributed by atoms with Crippen molar-refractivity contribution in [3.05, 3.63) is 29.8 Å². The minimum atomic E-state index is -1.10. The molecule has 1 aliphatic heterocycles. The van der Waals surface area contributed by atoms with E-state index < -0.39 is 18.1 Å². The smallest absolute Gasteiger partial charge is 0.326 e. The molecule has 114 valence electrons. The van der Waals surface area contributed by atoms with Crippen LogP contribution in [-0.4, -0.2) is 40.8 Å². The summed E-state index contributed by atoms with van der Waals surface area (Å²) in [6.07, 6.45) is 0.377. The first-order valence-electron chi connectivity index (χ1n) is 6.90. The second-order valence-electron chi connectivity index (χ2n) is 5.33. The fraction of sp³-hybridized carbons (Fsp3) is 0.467. The summed E-state index contributed by atoms with van der Waals surface area (Å²) >= 11 is 0. The number of phenols is 1. The summed E-state index contributed by atoms with van der Waals surface area (Å²) in [6, 6.07) is 5.22. The third-order valence-corrected chi connectivity index (χ3v) is 3.64. The number of phenolic OH excluding ortho intramolecular Hbond substituents is 1. The summed E-state index contributed by atoms with van der Waals surface area (Å²) in [5.74, 6) is -1.27. The predicted octanol–water partition coefficient (Wildman–Crippen LogP) is 0.929. The Kier molecular flexibility index (Phi) is 4.80. The third-order valence-electron chi connectivity index (χ3n) is 3.64. The number of rotatable bonds is 5. The van der Waals surface area contributed by atoms with Gasteiger partial charge >= 0.3 is 5.97 Å². The van der Waals surface area contributed by atoms with Gasteiger partial charge in [-0.25, -0.2) is 4.79 Å². The molecule has 6 nitrogen and oxygen atoms in total. The predicted molar refractivity (Wildman–Crippen MR) is 74.9 cm³/mol. The maximum atomic E-state index is 12.1. The Morgan fingerprint density at radius 1 is 1.38 bits per heavy atom. The summed E-state index contributed by atoms with van der Waals surface area (Å²) in [6.45, 7) is 2.43. The van der Waals surface area contributed by atoms with E-state index in [-0.39, 0.29) is 24.0 Å². The summed E-state index contributed by atoms with van der Waals surface area (Å²) in [7, 11) is 0. The Morgan fingerprint density at radius 3 is 2.57 bits per heavy atom. The number of ether oxygens (including phenoxy) is 1. The van der Waals surface area contributed by atoms with E-state index in [1.807, 2.05) is 6.92 Å². The standard InChI is InChI=1S/C15H19NO5/c1-9-6-7-21-13(9)14(18)16-12(15(19)20)8-10-2-4-11(17)5-3-10/h2-5,9,12-13,17H,6-8H2,1H3,(H,16,18)(H,19,20)/t9?,12-,13?/m0/s1. The average Bonchev–Trinajstić information content (AvgIpc) is 2.86. The van der Waals surface area contributed by atoms with Gasteiger partial charge in [0, 0.05) is 13.0 Å². The second kappa shape index (κ2) is 6.58. The van der Waals surface area contributed by atoms with Gasteiger partial charge in [0.1, 0.15) is 17.9 Å². The van der Waals surface area contributed by atoms with Crippen LogP contribution in [0.1, 0.15) is 18.9 Å². The Bertz CT molecular complexity index is 513. The van der Waals surface area contributed by atoms with Crippen LogP contribution in [0, 0.1) is 5.92 Å². The van der Waals surface area contributed by atoms with Crippen LogP contribution in [0.15, 0.2) is 24.3 Å². The van der Waals surface area contributed by atoms with Gasteiger partial charge < -0.3 is 20.3 Å². The number of benzene rings is 1. The quantitative estimate of drug-likeness (QED) is 0.750. The largest absolute Gasteiger partial charge is 0.508 e. The van der Waals surface area contributed by atoms with E-state index in [1.165, 1.54) is 12.1 Å². The van der Waals surface area contributed by atoms with Crippen LogP contribution in [0.3, 0.4) is 0 Å². The lowest BCUT2D eigenvalue weighted by atomic mass is 10.0. The van der Waals surface area contributed by atoms with Crippen molar-refractivity contribution in [2.24, 2.45) is 5.92 Å². The molecule has 1 heterocycles. The molecule has 2 rings (SSSR count). The Balaban J connectivity index is 2.00. The molecule has 0 spiro atoms. The molecule has 1 saturated heterocycles. The zero-order valence-corrected chi connectivity index (χ0v) is 11.8. The second-order valence-corrected chi connectivity index (χ2v) is 5.33. The summed E-state index contributed by atoms with van der Waals surface area (Å²) in [4.78, 5) is 23.4. The number of hydrogen-bond donors (Lipinski definition) is 3. The molecule has 0 bridgehead atoms. The van der Waals surface area contributed by atoms with Crippen molar-refractivity contribution in [3.8, 4) is 5.75 Å². The van der Waals surface area contributed by atoms with E-state index >= 15 is 0 Å². The molecule has 0 saturated carbocycles. The van der Waals surface area contributed by atoms with Gasteiger partial charge in [-0.1, -0.05) is 19.1 Å². The van der Waals surface area contributed by atoms with Crippen molar-refractivity contribution < 1.29 is 24.5 Å². The van der Waals surface area contributed by atoms with E-state index in [2.05, 4.69) is 5.32 Å². The molecule has 0 radical (unpaired) electrons. The summed E-state index contributed by atoms with van der Waals surface area (Å²) < 4.78 is 5.34. The van der Waals surface area contributed by atoms with Crippen LogP contribution < -0.4 is 5.32 Å². The van der Waals surface area contributed by atoms with Crippen molar-refractivity contribution >= 4 is 11.9 Å². The van der Waals surface area contributed by atoms with Gasteiger partial charge in [-0.15, -0.1) is 0 Å². The van der Waals surface area contributed by atoms with Crippen molar-refractivity contribution in [2.45, 2.75) is 31.9 Å². The molecule has 6 heteroatoms. The Hall–Kier alpha value is -2.08. The number of carbonyl (C=O) groups excluding carboxylic acids is 1. The SMILES string of the molecule is CC1CCOC1C(=O)N[C@@H](Cc1ccc(O)cc1)C(=O)O. The molecular weight excluding hydrogens is 274 g/mol. The maximum Gasteiger partial charge on any atom is 0.326 e. The van der Waals surface area contributed by atoms with Crippen LogP contribution in [-0.2, 0) is 20.7 Å². The van der Waals surface area contributed by atoms with Crippen molar-refractivity contribution in [2.75, 3.05) is 6.61 Å². The van der Waals surface area contributed by atoms with Gasteiger partial charge in [-0.3, -0.25) is 4.79 Å². The number of aliphatic carboxylic acids is 1. The Morgan fingerprint density at radius 2 is 2.05 bits per heavy atom. The minimum Gasteiger partial charge on any atom is -0.508 e. The number of aromatic hydroxyl groups is 1. The molecule has 1 aromatic rings. The number of amides is 1. The lowest BCUT2D eigenvalue weighted by molar-refractivity contribution is -0.144. The zero-order chi connectivity index (χ0) is 15.4. The third kappa shape index (κ3) is 3.95. The molecule has 1 aliphatic rings. The van der Waals surface area contributed by atoms with Crippen LogP contribution >= 0.6 is 0 Å². The summed E-state index contributed by atoms with van der Waals surface area (Å²) in [5.41, 5.74) is 0.723. The highest BCUT2D eigenvalue weighted by Crippen LogP contribution is 2.20. The number of carboxylic acid groups (broad SMARTS) is 1. The fourth-order valence-electron chi connectivity index (χ4n) is 2.35. The average molecular weight is 293 g/mol. The summed E-state index contributed by atoms with van der Waals surface area (Å²) in [5, 5.41) is 21.0. The topological polar surface area (TPSA) is 95.9 Å². The van der Waals surface area contributed by atoms with Gasteiger partial charge in [0.25, 0.3) is 0 Å². The number of hydrogen-bond acceptors (Lipinski definition) is 4. The molecule has 1 fully saturated rings. The molecule has 3 atom stereocenters. The molecule has 1 amide bonds. The zero-order valence-electron chi connectivity index (χ0n) is 11.8. The number of carbonyl (C=O) groups is 2. The van der Waals surface area contributed by atoms with Gasteiger partial charge in [0.15, 0.2) is 0 Å². The molecule has 1 aromatic carbocycles. The van der Waals surface area contributed by atoms with E-state index in [0.29, 0.717) is 6.61 Å². The van der Waals surface area contributed by atoms with Gasteiger partial charge in [0.05, 0.1) is 0 Å². The van der Waals surface area contributed by atoms with Crippen LogP contribution in [0.4, 0.5) is 0 Å². The van der Waals surface area contributed by atoms with E-state index in [1.54, 1.807) is 12.1 Å². The number of carboxylic acids is 1. The molecule has 3 N–H and O–H groups in total. The highest BCUT2D eigenvalue weighted by atomic mass is 16.5. The highest BCUT2D eigenvalue weighted by molar-refractivity contribution is 5.86. The van der Waals surface area contributed by atoms with Crippen molar-refractivity contribution in [3.63, 3.8) is 0 Å². The fourth-order valence-corrected chi connectivity index (χ4v) is 2.35. The lowest BCUT2D eigenvalue weighted by Gasteiger charge is -2.19. The Labute approximate surface area is 122 Å². The monoisotopic (exact) mass is 293 g/mol. The van der Waals surface area contributed by atoms with Gasteiger partial charge in [-0.05, 0) is 30.0 Å². The van der Waals surface area contributed by atoms with Crippen LogP contribution in [0.25, 0.3) is 0 Å². The molecule has 21 heavy (non-hydrogen) atoms. The molecule has 0 aromatic heterocycles. The maximum absolute atomic E-state index is 12.1. The lowest BCUT2D eigenvalue weighted by Crippen LogP contribution is -2.47. The van der Waals surface area contributed by atoms with Gasteiger partial charge in [-0.2, -0.15) is 0 Å². The van der Waals surface area contributed by atoms with E-state index in [4.69, 9.17) is 4.74 Å². The van der Waals surface area contributed by atoms with E-state index in [9.17, 15) is 19.8 Å². The van der Waals surface area contributed by atoms with Crippen LogP contribution in [0.5, 0.6) is 5.75 Å². The first-order valence-corrected chi connectivity index (χ1v) is 6.90. The molecule has 2 unspecified atom stereocenters. The molecular formula is C15H19NO5. The first kappa shape index (κ1) is 15.3. The first-order chi connectivity index (χ1) is 9.97. The van der Waals surface area contributed by atoms with Crippen molar-refractivity contribution in [1.82, 2.24) is 5.32 Å². The normalized spacial score (nSPS) is 22.7. The molecule has 0 aliphatic carbocycles. The minimum absolute atomic E-state index is 0.0908.